The topological polar surface area (TPSA) is 129 Å². The molecule has 156 valence electrons. The molecule has 0 aliphatic carbocycles. The molecule has 1 fully saturated rings. The third kappa shape index (κ3) is 5.62. The number of aryl methyl sites for hydroxylation is 1. The zero-order valence-electron chi connectivity index (χ0n) is 16.2. The monoisotopic (exact) mass is 428 g/mol. The Kier molecular flexibility index (Phi) is 6.44. The van der Waals surface area contributed by atoms with E-state index in [1.165, 1.54) is 17.3 Å². The van der Waals surface area contributed by atoms with Crippen LogP contribution < -0.4 is 4.72 Å². The summed E-state index contributed by atoms with van der Waals surface area (Å²) in [6.45, 7) is 2.25. The van der Waals surface area contributed by atoms with Crippen molar-refractivity contribution < 1.29 is 22.8 Å². The normalized spacial score (nSPS) is 14.4. The number of nitrogens with zero attached hydrogens (tertiary/aromatic N) is 3. The molecule has 1 aliphatic rings. The molecule has 9 nitrogen and oxygen atoms in total. The van der Waals surface area contributed by atoms with Gasteiger partial charge in [0.2, 0.25) is 15.9 Å². The number of carbonyl (C=O) groups is 2. The van der Waals surface area contributed by atoms with Crippen molar-refractivity contribution in [1.29, 1.82) is 5.26 Å². The Hall–Kier alpha value is -3.29. The van der Waals surface area contributed by atoms with Gasteiger partial charge in [0.1, 0.15) is 6.07 Å². The molecule has 30 heavy (non-hydrogen) atoms. The van der Waals surface area contributed by atoms with Gasteiger partial charge in [-0.3, -0.25) is 14.5 Å². The van der Waals surface area contributed by atoms with Gasteiger partial charge in [0.15, 0.2) is 0 Å². The molecule has 0 saturated carbocycles. The van der Waals surface area contributed by atoms with Crippen molar-refractivity contribution in [3.63, 3.8) is 0 Å². The lowest BCUT2D eigenvalue weighted by molar-refractivity contribution is -0.175. The van der Waals surface area contributed by atoms with Gasteiger partial charge in [-0.2, -0.15) is 5.26 Å². The smallest absolute Gasteiger partial charge is 0.358 e. The summed E-state index contributed by atoms with van der Waals surface area (Å²) in [5, 5.41) is 10.3. The van der Waals surface area contributed by atoms with E-state index in [4.69, 9.17) is 10.1 Å². The van der Waals surface area contributed by atoms with Crippen LogP contribution in [0.4, 0.5) is 0 Å². The molecule has 0 bridgehead atoms. The summed E-state index contributed by atoms with van der Waals surface area (Å²) in [4.78, 5) is 33.5. The van der Waals surface area contributed by atoms with E-state index in [-0.39, 0.29) is 29.2 Å². The first-order valence-electron chi connectivity index (χ1n) is 9.17. The number of benzene rings is 1. The average molecular weight is 428 g/mol. The van der Waals surface area contributed by atoms with Crippen molar-refractivity contribution in [3.8, 4) is 6.07 Å². The molecule has 0 atom stereocenters. The number of aromatic nitrogens is 1. The maximum atomic E-state index is 12.3. The Morgan fingerprint density at radius 3 is 2.67 bits per heavy atom. The minimum Gasteiger partial charge on any atom is -0.364 e. The summed E-state index contributed by atoms with van der Waals surface area (Å²) in [6, 6.07) is 11.9. The highest BCUT2D eigenvalue weighted by atomic mass is 32.2. The minimum atomic E-state index is -3.78. The lowest BCUT2D eigenvalue weighted by atomic mass is 9.99. The number of hydrogen-bond acceptors (Lipinski definition) is 8. The van der Waals surface area contributed by atoms with Crippen molar-refractivity contribution in [2.24, 2.45) is 5.92 Å². The van der Waals surface area contributed by atoms with Gasteiger partial charge >= 0.3 is 5.97 Å². The Balaban J connectivity index is 1.45. The second-order valence-electron chi connectivity index (χ2n) is 7.03. The van der Waals surface area contributed by atoms with Gasteiger partial charge in [-0.15, -0.1) is 5.06 Å². The predicted molar refractivity (Wildman–Crippen MR) is 106 cm³/mol. The van der Waals surface area contributed by atoms with Crippen molar-refractivity contribution >= 4 is 21.9 Å². The first-order chi connectivity index (χ1) is 14.3. The Morgan fingerprint density at radius 1 is 1.30 bits per heavy atom. The van der Waals surface area contributed by atoms with Crippen LogP contribution in [0.3, 0.4) is 0 Å². The maximum Gasteiger partial charge on any atom is 0.358 e. The fourth-order valence-corrected chi connectivity index (χ4v) is 4.13. The lowest BCUT2D eigenvalue weighted by Crippen LogP contribution is -2.49. The van der Waals surface area contributed by atoms with E-state index in [9.17, 15) is 18.0 Å². The second kappa shape index (κ2) is 9.02. The van der Waals surface area contributed by atoms with Gasteiger partial charge in [-0.05, 0) is 24.5 Å². The van der Waals surface area contributed by atoms with Gasteiger partial charge in [0.05, 0.1) is 22.6 Å². The van der Waals surface area contributed by atoms with Crippen molar-refractivity contribution in [3.05, 3.63) is 65.0 Å². The highest BCUT2D eigenvalue weighted by Gasteiger charge is 2.33. The van der Waals surface area contributed by atoms with Crippen LogP contribution in [0.15, 0.2) is 42.6 Å². The summed E-state index contributed by atoms with van der Waals surface area (Å²) in [7, 11) is -3.78. The molecule has 1 amide bonds. The van der Waals surface area contributed by atoms with Gasteiger partial charge in [0.25, 0.3) is 0 Å². The van der Waals surface area contributed by atoms with Crippen LogP contribution in [0.1, 0.15) is 33.6 Å². The molecule has 2 aromatic rings. The zero-order chi connectivity index (χ0) is 21.7. The third-order valence-corrected chi connectivity index (χ3v) is 5.77. The fourth-order valence-electron chi connectivity index (χ4n) is 3.00. The molecule has 0 radical (unpaired) electrons. The largest absolute Gasteiger partial charge is 0.364 e. The van der Waals surface area contributed by atoms with Crippen LogP contribution in [0.5, 0.6) is 0 Å². The quantitative estimate of drug-likeness (QED) is 0.699. The molecule has 1 saturated heterocycles. The summed E-state index contributed by atoms with van der Waals surface area (Å²) in [5.74, 6) is -1.63. The molecular weight excluding hydrogens is 408 g/mol. The van der Waals surface area contributed by atoms with Crippen LogP contribution in [0.25, 0.3) is 0 Å². The molecule has 1 aromatic heterocycles. The number of rotatable bonds is 7. The van der Waals surface area contributed by atoms with Crippen LogP contribution in [0.2, 0.25) is 0 Å². The maximum absolute atomic E-state index is 12.3. The molecule has 1 aromatic carbocycles. The van der Waals surface area contributed by atoms with Gasteiger partial charge in [-0.1, -0.05) is 30.3 Å². The number of amides is 1. The highest BCUT2D eigenvalue weighted by Crippen LogP contribution is 2.21. The number of hydrogen-bond donors (Lipinski definition) is 1. The predicted octanol–water partition coefficient (Wildman–Crippen LogP) is 1.30. The third-order valence-electron chi connectivity index (χ3n) is 4.51. The Morgan fingerprint density at radius 2 is 2.00 bits per heavy atom. The van der Waals surface area contributed by atoms with Crippen molar-refractivity contribution in [2.45, 2.75) is 19.1 Å². The molecule has 1 aliphatic heterocycles. The van der Waals surface area contributed by atoms with Crippen molar-refractivity contribution in [2.75, 3.05) is 13.1 Å². The number of sulfonamides is 1. The van der Waals surface area contributed by atoms with Gasteiger partial charge in [-0.25, -0.2) is 13.2 Å². The Labute approximate surface area is 174 Å². The first kappa shape index (κ1) is 21.4. The van der Waals surface area contributed by atoms with Crippen LogP contribution in [-0.4, -0.2) is 43.4 Å². The second-order valence-corrected chi connectivity index (χ2v) is 8.76. The Bertz CT molecular complexity index is 1090. The lowest BCUT2D eigenvalue weighted by Gasteiger charge is -2.36. The molecule has 0 spiro atoms. The van der Waals surface area contributed by atoms with Crippen LogP contribution in [0, 0.1) is 24.2 Å². The summed E-state index contributed by atoms with van der Waals surface area (Å²) < 4.78 is 26.3. The molecule has 1 N–H and O–H groups in total. The SMILES string of the molecule is Cc1ncc(C#N)cc1C(=O)ON1CC(CC(=O)NS(=O)(=O)Cc2ccccc2)C1. The fraction of sp³-hybridized carbons (Fsp3) is 0.300. The zero-order valence-corrected chi connectivity index (χ0v) is 17.1. The van der Waals surface area contributed by atoms with E-state index in [0.29, 0.717) is 24.3 Å². The van der Waals surface area contributed by atoms with E-state index in [1.54, 1.807) is 37.3 Å². The molecular formula is C20H20N4O5S. The van der Waals surface area contributed by atoms with E-state index in [0.717, 1.165) is 0 Å². The summed E-state index contributed by atoms with van der Waals surface area (Å²) in [5.41, 5.74) is 1.48. The minimum absolute atomic E-state index is 0.00652. The number of pyridine rings is 1. The van der Waals surface area contributed by atoms with E-state index < -0.39 is 21.9 Å². The van der Waals surface area contributed by atoms with Gasteiger partial charge < -0.3 is 4.84 Å². The van der Waals surface area contributed by atoms with E-state index in [2.05, 4.69) is 9.71 Å². The van der Waals surface area contributed by atoms with E-state index >= 15 is 0 Å². The number of nitrogens with one attached hydrogen (secondary N) is 1. The molecule has 3 rings (SSSR count). The summed E-state index contributed by atoms with van der Waals surface area (Å²) >= 11 is 0. The number of nitriles is 1. The molecule has 10 heteroatoms. The summed E-state index contributed by atoms with van der Waals surface area (Å²) in [6.07, 6.45) is 1.38. The number of hydroxylamine groups is 2. The molecule has 0 unspecified atom stereocenters. The number of carbonyl (C=O) groups excluding carboxylic acids is 2. The van der Waals surface area contributed by atoms with Gasteiger partial charge in [0, 0.05) is 25.7 Å². The first-order valence-corrected chi connectivity index (χ1v) is 10.8. The standard InChI is InChI=1S/C20H20N4O5S/c1-14-18(7-16(9-21)10-22-14)20(26)29-24-11-17(12-24)8-19(25)23-30(27,28)13-15-5-3-2-4-6-15/h2-7,10,17H,8,11-13H2,1H3,(H,23,25). The highest BCUT2D eigenvalue weighted by molar-refractivity contribution is 7.89. The average Bonchev–Trinajstić information content (AvgIpc) is 2.66. The molecule has 2 heterocycles. The van der Waals surface area contributed by atoms with Crippen LogP contribution in [-0.2, 0) is 25.4 Å². The van der Waals surface area contributed by atoms with E-state index in [1.807, 2.05) is 6.07 Å². The van der Waals surface area contributed by atoms with Crippen LogP contribution >= 0.6 is 0 Å². The van der Waals surface area contributed by atoms with Crippen molar-refractivity contribution in [1.82, 2.24) is 14.8 Å².